The average Bonchev–Trinajstić information content (AvgIpc) is 2.39. The molecular weight excluding hydrogens is 222 g/mol. The Hall–Kier alpha value is -1.33. The maximum atomic E-state index is 9.91. The van der Waals surface area contributed by atoms with Crippen molar-refractivity contribution in [2.75, 3.05) is 0 Å². The van der Waals surface area contributed by atoms with Gasteiger partial charge in [-0.15, -0.1) is 0 Å². The predicted octanol–water partition coefficient (Wildman–Crippen LogP) is 3.34. The van der Waals surface area contributed by atoms with E-state index < -0.39 is 5.41 Å². The van der Waals surface area contributed by atoms with Gasteiger partial charge in [0, 0.05) is 0 Å². The van der Waals surface area contributed by atoms with E-state index >= 15 is 0 Å². The number of benzene rings is 1. The number of aryl methyl sites for hydroxylation is 1. The summed E-state index contributed by atoms with van der Waals surface area (Å²) < 4.78 is 0. The molecule has 0 spiro atoms. The van der Waals surface area contributed by atoms with E-state index in [-0.39, 0.29) is 6.10 Å². The van der Waals surface area contributed by atoms with Crippen LogP contribution in [0, 0.1) is 11.3 Å². The van der Waals surface area contributed by atoms with Crippen molar-refractivity contribution in [3.63, 3.8) is 0 Å². The number of nitrogens with zero attached hydrogens (tertiary/aromatic N) is 1. The highest BCUT2D eigenvalue weighted by Gasteiger charge is 2.38. The first-order valence-electron chi connectivity index (χ1n) is 6.89. The Bertz CT molecular complexity index is 449. The zero-order valence-corrected chi connectivity index (χ0v) is 11.0. The molecule has 2 rings (SSSR count). The lowest BCUT2D eigenvalue weighted by atomic mass is 9.68. The SMILES string of the molecule is CCCc1ccccc1C1(C#N)CCCC(O)C1. The van der Waals surface area contributed by atoms with Crippen LogP contribution in [0.3, 0.4) is 0 Å². The average molecular weight is 243 g/mol. The van der Waals surface area contributed by atoms with Gasteiger partial charge in [0.1, 0.15) is 0 Å². The van der Waals surface area contributed by atoms with Crippen molar-refractivity contribution < 1.29 is 5.11 Å². The summed E-state index contributed by atoms with van der Waals surface area (Å²) in [6.45, 7) is 2.16. The van der Waals surface area contributed by atoms with Crippen LogP contribution in [0.2, 0.25) is 0 Å². The fourth-order valence-corrected chi connectivity index (χ4v) is 3.13. The van der Waals surface area contributed by atoms with Crippen molar-refractivity contribution >= 4 is 0 Å². The van der Waals surface area contributed by atoms with Crippen LogP contribution < -0.4 is 0 Å². The van der Waals surface area contributed by atoms with Crippen LogP contribution in [-0.2, 0) is 11.8 Å². The number of aliphatic hydroxyl groups is 1. The predicted molar refractivity (Wildman–Crippen MR) is 72.2 cm³/mol. The minimum absolute atomic E-state index is 0.326. The van der Waals surface area contributed by atoms with Gasteiger partial charge in [-0.05, 0) is 43.2 Å². The Labute approximate surface area is 109 Å². The van der Waals surface area contributed by atoms with Crippen molar-refractivity contribution in [1.82, 2.24) is 0 Å². The van der Waals surface area contributed by atoms with Gasteiger partial charge in [-0.25, -0.2) is 0 Å². The van der Waals surface area contributed by atoms with Crippen LogP contribution in [0.1, 0.15) is 50.2 Å². The van der Waals surface area contributed by atoms with Gasteiger partial charge in [0.25, 0.3) is 0 Å². The molecule has 1 saturated carbocycles. The summed E-state index contributed by atoms with van der Waals surface area (Å²) in [4.78, 5) is 0. The first-order chi connectivity index (χ1) is 8.72. The third-order valence-electron chi connectivity index (χ3n) is 3.99. The Morgan fingerprint density at radius 1 is 1.44 bits per heavy atom. The molecule has 1 N–H and O–H groups in total. The number of nitriles is 1. The van der Waals surface area contributed by atoms with Crippen molar-refractivity contribution in [2.45, 2.75) is 57.0 Å². The fraction of sp³-hybridized carbons (Fsp3) is 0.562. The highest BCUT2D eigenvalue weighted by atomic mass is 16.3. The molecule has 18 heavy (non-hydrogen) atoms. The van der Waals surface area contributed by atoms with E-state index in [0.717, 1.165) is 37.7 Å². The number of rotatable bonds is 3. The van der Waals surface area contributed by atoms with Crippen LogP contribution in [0.25, 0.3) is 0 Å². The van der Waals surface area contributed by atoms with Crippen LogP contribution in [-0.4, -0.2) is 11.2 Å². The highest BCUT2D eigenvalue weighted by molar-refractivity contribution is 5.40. The molecule has 1 aliphatic rings. The lowest BCUT2D eigenvalue weighted by Crippen LogP contribution is -2.34. The number of hydrogen-bond acceptors (Lipinski definition) is 2. The van der Waals surface area contributed by atoms with Gasteiger partial charge in [-0.1, -0.05) is 37.6 Å². The lowest BCUT2D eigenvalue weighted by Gasteiger charge is -2.35. The summed E-state index contributed by atoms with van der Waals surface area (Å²) in [7, 11) is 0. The standard InChI is InChI=1S/C16H21NO/c1-2-6-13-7-3-4-9-15(13)16(12-17)10-5-8-14(18)11-16/h3-4,7,9,14,18H,2,5-6,8,10-11H2,1H3. The summed E-state index contributed by atoms with van der Waals surface area (Å²) in [5.41, 5.74) is 1.95. The maximum absolute atomic E-state index is 9.91. The second-order valence-electron chi connectivity index (χ2n) is 5.35. The third-order valence-corrected chi connectivity index (χ3v) is 3.99. The van der Waals surface area contributed by atoms with Gasteiger partial charge in [0.2, 0.25) is 0 Å². The molecule has 1 aliphatic carbocycles. The Morgan fingerprint density at radius 3 is 2.89 bits per heavy atom. The van der Waals surface area contributed by atoms with E-state index in [1.165, 1.54) is 5.56 Å². The van der Waals surface area contributed by atoms with Gasteiger partial charge in [0.05, 0.1) is 17.6 Å². The second-order valence-corrected chi connectivity index (χ2v) is 5.35. The van der Waals surface area contributed by atoms with Crippen LogP contribution >= 0.6 is 0 Å². The van der Waals surface area contributed by atoms with Crippen molar-refractivity contribution in [3.05, 3.63) is 35.4 Å². The van der Waals surface area contributed by atoms with E-state index in [4.69, 9.17) is 0 Å². The summed E-state index contributed by atoms with van der Waals surface area (Å²) >= 11 is 0. The normalized spacial score (nSPS) is 27.7. The summed E-state index contributed by atoms with van der Waals surface area (Å²) in [5, 5.41) is 19.6. The van der Waals surface area contributed by atoms with E-state index in [2.05, 4.69) is 25.1 Å². The van der Waals surface area contributed by atoms with Gasteiger partial charge in [-0.2, -0.15) is 5.26 Å². The first-order valence-corrected chi connectivity index (χ1v) is 6.89. The minimum Gasteiger partial charge on any atom is -0.393 e. The quantitative estimate of drug-likeness (QED) is 0.885. The van der Waals surface area contributed by atoms with Crippen molar-refractivity contribution in [3.8, 4) is 6.07 Å². The van der Waals surface area contributed by atoms with E-state index in [0.29, 0.717) is 6.42 Å². The Morgan fingerprint density at radius 2 is 2.22 bits per heavy atom. The maximum Gasteiger partial charge on any atom is 0.0849 e. The molecule has 0 saturated heterocycles. The van der Waals surface area contributed by atoms with Gasteiger partial charge < -0.3 is 5.11 Å². The molecule has 0 bridgehead atoms. The van der Waals surface area contributed by atoms with Crippen LogP contribution in [0.15, 0.2) is 24.3 Å². The largest absolute Gasteiger partial charge is 0.393 e. The zero-order valence-electron chi connectivity index (χ0n) is 11.0. The first kappa shape index (κ1) is 13.1. The number of aliphatic hydroxyl groups excluding tert-OH is 1. The topological polar surface area (TPSA) is 44.0 Å². The Balaban J connectivity index is 2.41. The summed E-state index contributed by atoms with van der Waals surface area (Å²) in [5.74, 6) is 0. The van der Waals surface area contributed by atoms with Crippen LogP contribution in [0.5, 0.6) is 0 Å². The summed E-state index contributed by atoms with van der Waals surface area (Å²) in [6.07, 6.45) is 5.00. The molecule has 1 aromatic rings. The molecule has 0 heterocycles. The number of hydrogen-bond donors (Lipinski definition) is 1. The molecule has 0 aromatic heterocycles. The highest BCUT2D eigenvalue weighted by Crippen LogP contribution is 2.40. The minimum atomic E-state index is -0.469. The molecule has 0 radical (unpaired) electrons. The van der Waals surface area contributed by atoms with E-state index in [1.807, 2.05) is 12.1 Å². The molecule has 1 fully saturated rings. The monoisotopic (exact) mass is 243 g/mol. The van der Waals surface area contributed by atoms with Crippen LogP contribution in [0.4, 0.5) is 0 Å². The molecule has 0 aliphatic heterocycles. The Kier molecular flexibility index (Phi) is 4.04. The van der Waals surface area contributed by atoms with Gasteiger partial charge in [-0.3, -0.25) is 0 Å². The van der Waals surface area contributed by atoms with E-state index in [1.54, 1.807) is 0 Å². The molecule has 2 atom stereocenters. The molecule has 0 amide bonds. The van der Waals surface area contributed by atoms with Gasteiger partial charge >= 0.3 is 0 Å². The molecule has 96 valence electrons. The van der Waals surface area contributed by atoms with Crippen molar-refractivity contribution in [1.29, 1.82) is 5.26 Å². The molecular formula is C16H21NO. The van der Waals surface area contributed by atoms with Crippen molar-refractivity contribution in [2.24, 2.45) is 0 Å². The smallest absolute Gasteiger partial charge is 0.0849 e. The molecule has 2 nitrogen and oxygen atoms in total. The fourth-order valence-electron chi connectivity index (χ4n) is 3.13. The molecule has 1 aromatic carbocycles. The second kappa shape index (κ2) is 5.54. The molecule has 2 heteroatoms. The summed E-state index contributed by atoms with van der Waals surface area (Å²) in [6, 6.07) is 10.8. The molecule has 2 unspecified atom stereocenters. The third kappa shape index (κ3) is 2.42. The van der Waals surface area contributed by atoms with Gasteiger partial charge in [0.15, 0.2) is 0 Å². The zero-order chi connectivity index (χ0) is 13.0. The lowest BCUT2D eigenvalue weighted by molar-refractivity contribution is 0.102. The van der Waals surface area contributed by atoms with E-state index in [9.17, 15) is 10.4 Å².